The van der Waals surface area contributed by atoms with Gasteiger partial charge in [0.05, 0.1) is 10.9 Å². The van der Waals surface area contributed by atoms with Gasteiger partial charge in [-0.15, -0.1) is 0 Å². The molecule has 3 aromatic rings. The molecule has 1 fully saturated rings. The molecule has 1 aliphatic heterocycles. The Bertz CT molecular complexity index is 1200. The molecule has 0 radical (unpaired) electrons. The quantitative estimate of drug-likeness (QED) is 0.643. The number of hydrogen-bond acceptors (Lipinski definition) is 4. The van der Waals surface area contributed by atoms with Crippen molar-refractivity contribution in [1.29, 1.82) is 0 Å². The molecular formula is C22H19F2N3O3S. The van der Waals surface area contributed by atoms with E-state index < -0.39 is 26.6 Å². The Morgan fingerprint density at radius 2 is 1.84 bits per heavy atom. The second-order valence-corrected chi connectivity index (χ2v) is 8.88. The van der Waals surface area contributed by atoms with Crippen LogP contribution in [0.15, 0.2) is 71.9 Å². The summed E-state index contributed by atoms with van der Waals surface area (Å²) in [5.41, 5.74) is 1.60. The fourth-order valence-corrected chi connectivity index (χ4v) is 4.70. The number of amides is 1. The molecule has 0 aliphatic carbocycles. The minimum atomic E-state index is -4.11. The van der Waals surface area contributed by atoms with Gasteiger partial charge in [-0.3, -0.25) is 14.5 Å². The number of carbonyl (C=O) groups is 1. The van der Waals surface area contributed by atoms with Gasteiger partial charge in [0.15, 0.2) is 11.6 Å². The summed E-state index contributed by atoms with van der Waals surface area (Å²) in [6, 6.07) is 12.1. The molecule has 1 saturated heterocycles. The summed E-state index contributed by atoms with van der Waals surface area (Å²) < 4.78 is 53.6. The molecule has 0 bridgehead atoms. The van der Waals surface area contributed by atoms with Gasteiger partial charge in [0.25, 0.3) is 15.9 Å². The number of pyridine rings is 1. The normalized spacial score (nSPS) is 16.3. The summed E-state index contributed by atoms with van der Waals surface area (Å²) in [5, 5.41) is 0. The van der Waals surface area contributed by atoms with Crippen molar-refractivity contribution in [3.63, 3.8) is 0 Å². The number of aromatic nitrogens is 1. The number of benzene rings is 2. The highest BCUT2D eigenvalue weighted by atomic mass is 32.2. The zero-order valence-electron chi connectivity index (χ0n) is 16.3. The topological polar surface area (TPSA) is 79.4 Å². The number of halogens is 2. The van der Waals surface area contributed by atoms with Gasteiger partial charge in [-0.2, -0.15) is 0 Å². The molecule has 6 nitrogen and oxygen atoms in total. The van der Waals surface area contributed by atoms with Gasteiger partial charge >= 0.3 is 0 Å². The van der Waals surface area contributed by atoms with Crippen molar-refractivity contribution in [3.8, 4) is 0 Å². The van der Waals surface area contributed by atoms with E-state index in [1.807, 2.05) is 12.1 Å². The van der Waals surface area contributed by atoms with E-state index in [4.69, 9.17) is 0 Å². The van der Waals surface area contributed by atoms with Crippen LogP contribution >= 0.6 is 0 Å². The number of nitrogens with one attached hydrogen (secondary N) is 1. The lowest BCUT2D eigenvalue weighted by atomic mass is 10.1. The first-order valence-corrected chi connectivity index (χ1v) is 11.1. The van der Waals surface area contributed by atoms with Gasteiger partial charge in [0.2, 0.25) is 0 Å². The lowest BCUT2D eigenvalue weighted by Gasteiger charge is -2.25. The van der Waals surface area contributed by atoms with Crippen molar-refractivity contribution in [1.82, 2.24) is 9.88 Å². The second kappa shape index (κ2) is 8.43. The summed E-state index contributed by atoms with van der Waals surface area (Å²) in [6.07, 6.45) is 5.18. The molecular weight excluding hydrogens is 424 g/mol. The Hall–Kier alpha value is -3.33. The average Bonchev–Trinajstić information content (AvgIpc) is 3.26. The Kier molecular flexibility index (Phi) is 5.69. The zero-order valence-corrected chi connectivity index (χ0v) is 17.1. The molecule has 0 unspecified atom stereocenters. The van der Waals surface area contributed by atoms with Gasteiger partial charge in [0, 0.05) is 30.2 Å². The van der Waals surface area contributed by atoms with E-state index in [9.17, 15) is 22.0 Å². The zero-order chi connectivity index (χ0) is 22.0. The van der Waals surface area contributed by atoms with Crippen LogP contribution in [0.1, 0.15) is 34.8 Å². The van der Waals surface area contributed by atoms with Crippen LogP contribution in [0.5, 0.6) is 0 Å². The minimum Gasteiger partial charge on any atom is -0.332 e. The molecule has 4 rings (SSSR count). The number of hydrogen-bond donors (Lipinski definition) is 1. The summed E-state index contributed by atoms with van der Waals surface area (Å²) in [4.78, 5) is 18.5. The predicted octanol–water partition coefficient (Wildman–Crippen LogP) is 4.14. The smallest absolute Gasteiger partial charge is 0.261 e. The number of likely N-dealkylation sites (tertiary alicyclic amines) is 1. The monoisotopic (exact) mass is 443 g/mol. The van der Waals surface area contributed by atoms with Crippen molar-refractivity contribution in [2.75, 3.05) is 11.3 Å². The summed E-state index contributed by atoms with van der Waals surface area (Å²) >= 11 is 0. The number of carbonyl (C=O) groups excluding carboxylic acids is 1. The third-order valence-electron chi connectivity index (χ3n) is 5.17. The number of nitrogens with zero attached hydrogens (tertiary/aromatic N) is 2. The van der Waals surface area contributed by atoms with Gasteiger partial charge in [-0.25, -0.2) is 17.2 Å². The highest BCUT2D eigenvalue weighted by Gasteiger charge is 2.30. The Labute approximate surface area is 178 Å². The van der Waals surface area contributed by atoms with Crippen molar-refractivity contribution >= 4 is 21.6 Å². The van der Waals surface area contributed by atoms with E-state index in [1.165, 1.54) is 24.3 Å². The molecule has 1 aliphatic rings. The standard InChI is InChI=1S/C22H19F2N3O3S/c23-19-10-9-18(13-20(19)24)31(29,30)26-17-7-5-15(6-8-17)22(28)27-12-2-4-21(27)16-3-1-11-25-14-16/h1,3,5-11,13-14,21,26H,2,4,12H2/t21-/m1/s1. The molecule has 1 atom stereocenters. The fraction of sp³-hybridized carbons (Fsp3) is 0.182. The molecule has 9 heteroatoms. The highest BCUT2D eigenvalue weighted by molar-refractivity contribution is 7.92. The highest BCUT2D eigenvalue weighted by Crippen LogP contribution is 2.32. The number of sulfonamides is 1. The molecule has 2 aromatic carbocycles. The third kappa shape index (κ3) is 4.41. The lowest BCUT2D eigenvalue weighted by molar-refractivity contribution is 0.0735. The van der Waals surface area contributed by atoms with Crippen LogP contribution in [-0.2, 0) is 10.0 Å². The minimum absolute atomic E-state index is 0.0484. The first-order valence-electron chi connectivity index (χ1n) is 9.64. The van der Waals surface area contributed by atoms with Crippen LogP contribution in [0, 0.1) is 11.6 Å². The van der Waals surface area contributed by atoms with E-state index in [0.717, 1.165) is 30.5 Å². The maximum Gasteiger partial charge on any atom is 0.261 e. The van der Waals surface area contributed by atoms with E-state index in [2.05, 4.69) is 9.71 Å². The Morgan fingerprint density at radius 3 is 2.52 bits per heavy atom. The first kappa shape index (κ1) is 20.9. The van der Waals surface area contributed by atoms with Gasteiger partial charge < -0.3 is 4.90 Å². The largest absolute Gasteiger partial charge is 0.332 e. The Balaban J connectivity index is 1.50. The van der Waals surface area contributed by atoms with Crippen molar-refractivity contribution in [2.24, 2.45) is 0 Å². The summed E-state index contributed by atoms with van der Waals surface area (Å²) in [6.45, 7) is 0.628. The Morgan fingerprint density at radius 1 is 1.06 bits per heavy atom. The van der Waals surface area contributed by atoms with Crippen molar-refractivity contribution in [3.05, 3.63) is 89.8 Å². The summed E-state index contributed by atoms with van der Waals surface area (Å²) in [7, 11) is -4.11. The molecule has 1 N–H and O–H groups in total. The number of anilines is 1. The maximum absolute atomic E-state index is 13.4. The van der Waals surface area contributed by atoms with Gasteiger partial charge in [-0.1, -0.05) is 6.07 Å². The van der Waals surface area contributed by atoms with Crippen LogP contribution < -0.4 is 4.72 Å². The summed E-state index contributed by atoms with van der Waals surface area (Å²) in [5.74, 6) is -2.53. The molecule has 2 heterocycles. The molecule has 0 spiro atoms. The van der Waals surface area contributed by atoms with Crippen LogP contribution in [0.2, 0.25) is 0 Å². The SMILES string of the molecule is O=C(c1ccc(NS(=O)(=O)c2ccc(F)c(F)c2)cc1)N1CCC[C@@H]1c1cccnc1. The number of rotatable bonds is 5. The van der Waals surface area contributed by atoms with Crippen LogP contribution in [0.25, 0.3) is 0 Å². The molecule has 160 valence electrons. The first-order chi connectivity index (χ1) is 14.8. The maximum atomic E-state index is 13.4. The van der Waals surface area contributed by atoms with E-state index in [0.29, 0.717) is 18.2 Å². The fourth-order valence-electron chi connectivity index (χ4n) is 3.63. The molecule has 31 heavy (non-hydrogen) atoms. The van der Waals surface area contributed by atoms with Gasteiger partial charge in [-0.05, 0) is 66.9 Å². The van der Waals surface area contributed by atoms with Crippen LogP contribution in [0.4, 0.5) is 14.5 Å². The average molecular weight is 443 g/mol. The van der Waals surface area contributed by atoms with Crippen LogP contribution in [0.3, 0.4) is 0 Å². The van der Waals surface area contributed by atoms with Crippen molar-refractivity contribution in [2.45, 2.75) is 23.8 Å². The second-order valence-electron chi connectivity index (χ2n) is 7.20. The molecule has 1 amide bonds. The van der Waals surface area contributed by atoms with E-state index in [1.54, 1.807) is 17.3 Å². The molecule has 1 aromatic heterocycles. The third-order valence-corrected chi connectivity index (χ3v) is 6.55. The lowest BCUT2D eigenvalue weighted by Crippen LogP contribution is -2.30. The molecule has 0 saturated carbocycles. The van der Waals surface area contributed by atoms with E-state index in [-0.39, 0.29) is 17.6 Å². The predicted molar refractivity (Wildman–Crippen MR) is 111 cm³/mol. The van der Waals surface area contributed by atoms with Crippen molar-refractivity contribution < 1.29 is 22.0 Å². The van der Waals surface area contributed by atoms with Gasteiger partial charge in [0.1, 0.15) is 0 Å². The van der Waals surface area contributed by atoms with Crippen LogP contribution in [-0.4, -0.2) is 30.8 Å². The van der Waals surface area contributed by atoms with E-state index >= 15 is 0 Å².